The molecule has 2 aromatic carbocycles. The SMILES string of the molecule is c1ccc(P(CN2CCNCC2)c2ccccc2)cc1. The molecule has 0 radical (unpaired) electrons. The molecule has 0 atom stereocenters. The molecule has 2 nitrogen and oxygen atoms in total. The molecule has 0 unspecified atom stereocenters. The minimum atomic E-state index is -0.276. The Morgan fingerprint density at radius 1 is 0.800 bits per heavy atom. The van der Waals surface area contributed by atoms with Crippen LogP contribution < -0.4 is 15.9 Å². The van der Waals surface area contributed by atoms with Crippen LogP contribution in [0.4, 0.5) is 0 Å². The van der Waals surface area contributed by atoms with Crippen molar-refractivity contribution in [1.82, 2.24) is 10.2 Å². The number of rotatable bonds is 4. The van der Waals surface area contributed by atoms with Crippen molar-refractivity contribution in [2.75, 3.05) is 32.5 Å². The third-order valence-corrected chi connectivity index (χ3v) is 6.21. The van der Waals surface area contributed by atoms with Crippen molar-refractivity contribution in [3.63, 3.8) is 0 Å². The van der Waals surface area contributed by atoms with Crippen LogP contribution in [0.25, 0.3) is 0 Å². The standard InChI is InChI=1S/C17H21N2P/c1-3-7-16(8-4-1)20(17-9-5-2-6-10-17)15-19-13-11-18-12-14-19/h1-10,18H,11-15H2. The summed E-state index contributed by atoms with van der Waals surface area (Å²) in [6.45, 7) is 4.57. The highest BCUT2D eigenvalue weighted by Crippen LogP contribution is 2.34. The molecule has 0 aliphatic carbocycles. The predicted molar refractivity (Wildman–Crippen MR) is 88.4 cm³/mol. The highest BCUT2D eigenvalue weighted by atomic mass is 31.1. The van der Waals surface area contributed by atoms with E-state index in [-0.39, 0.29) is 7.92 Å². The Morgan fingerprint density at radius 2 is 1.30 bits per heavy atom. The van der Waals surface area contributed by atoms with E-state index in [1.54, 1.807) is 0 Å². The van der Waals surface area contributed by atoms with Gasteiger partial charge in [0.2, 0.25) is 0 Å². The van der Waals surface area contributed by atoms with Crippen molar-refractivity contribution >= 4 is 18.5 Å². The molecule has 1 heterocycles. The Hall–Kier alpha value is -1.21. The first-order chi connectivity index (χ1) is 9.93. The highest BCUT2D eigenvalue weighted by Gasteiger charge is 2.18. The number of benzene rings is 2. The van der Waals surface area contributed by atoms with Gasteiger partial charge in [0, 0.05) is 32.5 Å². The van der Waals surface area contributed by atoms with Crippen LogP contribution in [0.15, 0.2) is 60.7 Å². The maximum Gasteiger partial charge on any atom is 0.0266 e. The molecule has 1 saturated heterocycles. The molecule has 0 bridgehead atoms. The molecule has 0 spiro atoms. The number of nitrogens with zero attached hydrogens (tertiary/aromatic N) is 1. The summed E-state index contributed by atoms with van der Waals surface area (Å²) in [5, 5.41) is 6.39. The average molecular weight is 284 g/mol. The number of piperazine rings is 1. The normalized spacial score (nSPS) is 16.4. The van der Waals surface area contributed by atoms with Gasteiger partial charge in [0.25, 0.3) is 0 Å². The van der Waals surface area contributed by atoms with E-state index in [9.17, 15) is 0 Å². The Labute approximate surface area is 122 Å². The topological polar surface area (TPSA) is 15.3 Å². The molecule has 0 aromatic heterocycles. The van der Waals surface area contributed by atoms with E-state index < -0.39 is 0 Å². The minimum Gasteiger partial charge on any atom is -0.314 e. The predicted octanol–water partition coefficient (Wildman–Crippen LogP) is 1.98. The molecule has 3 rings (SSSR count). The molecule has 20 heavy (non-hydrogen) atoms. The van der Waals surface area contributed by atoms with Crippen molar-refractivity contribution in [2.24, 2.45) is 0 Å². The van der Waals surface area contributed by atoms with E-state index in [4.69, 9.17) is 0 Å². The van der Waals surface area contributed by atoms with E-state index in [1.165, 1.54) is 30.0 Å². The molecule has 1 aliphatic heterocycles. The largest absolute Gasteiger partial charge is 0.314 e. The van der Waals surface area contributed by atoms with Gasteiger partial charge in [0.05, 0.1) is 0 Å². The van der Waals surface area contributed by atoms with E-state index in [2.05, 4.69) is 70.9 Å². The molecular formula is C17H21N2P. The van der Waals surface area contributed by atoms with Gasteiger partial charge in [-0.15, -0.1) is 0 Å². The fourth-order valence-electron chi connectivity index (χ4n) is 2.58. The van der Waals surface area contributed by atoms with Gasteiger partial charge < -0.3 is 5.32 Å². The second-order valence-electron chi connectivity index (χ2n) is 5.11. The molecular weight excluding hydrogens is 263 g/mol. The van der Waals surface area contributed by atoms with Gasteiger partial charge in [-0.05, 0) is 18.5 Å². The molecule has 0 saturated carbocycles. The summed E-state index contributed by atoms with van der Waals surface area (Å²) in [5.74, 6) is 0. The Kier molecular flexibility index (Phi) is 4.81. The fourth-order valence-corrected chi connectivity index (χ4v) is 4.95. The summed E-state index contributed by atoms with van der Waals surface area (Å²) in [5.41, 5.74) is 0. The maximum absolute atomic E-state index is 3.43. The monoisotopic (exact) mass is 284 g/mol. The van der Waals surface area contributed by atoms with Gasteiger partial charge in [-0.25, -0.2) is 0 Å². The first-order valence-electron chi connectivity index (χ1n) is 7.24. The number of nitrogens with one attached hydrogen (secondary N) is 1. The first-order valence-corrected chi connectivity index (χ1v) is 8.77. The summed E-state index contributed by atoms with van der Waals surface area (Å²) < 4.78 is 0. The van der Waals surface area contributed by atoms with E-state index in [0.29, 0.717) is 0 Å². The lowest BCUT2D eigenvalue weighted by molar-refractivity contribution is 0.278. The molecule has 2 aromatic rings. The van der Waals surface area contributed by atoms with Crippen LogP contribution in [-0.2, 0) is 0 Å². The van der Waals surface area contributed by atoms with Crippen LogP contribution >= 0.6 is 7.92 Å². The zero-order valence-corrected chi connectivity index (χ0v) is 12.6. The zero-order valence-electron chi connectivity index (χ0n) is 11.7. The molecule has 1 aliphatic rings. The van der Waals surface area contributed by atoms with Gasteiger partial charge in [0.15, 0.2) is 0 Å². The van der Waals surface area contributed by atoms with Crippen molar-refractivity contribution in [3.8, 4) is 0 Å². The second-order valence-corrected chi connectivity index (χ2v) is 7.28. The fraction of sp³-hybridized carbons (Fsp3) is 0.294. The molecule has 1 N–H and O–H groups in total. The van der Waals surface area contributed by atoms with Gasteiger partial charge in [0.1, 0.15) is 0 Å². The summed E-state index contributed by atoms with van der Waals surface area (Å²) >= 11 is 0. The lowest BCUT2D eigenvalue weighted by atomic mass is 10.4. The van der Waals surface area contributed by atoms with Crippen LogP contribution in [0.5, 0.6) is 0 Å². The summed E-state index contributed by atoms with van der Waals surface area (Å²) in [6.07, 6.45) is 1.17. The van der Waals surface area contributed by atoms with Crippen molar-refractivity contribution in [2.45, 2.75) is 0 Å². The van der Waals surface area contributed by atoms with Crippen LogP contribution in [0, 0.1) is 0 Å². The second kappa shape index (κ2) is 6.99. The smallest absolute Gasteiger partial charge is 0.0266 e. The average Bonchev–Trinajstić information content (AvgIpc) is 2.55. The summed E-state index contributed by atoms with van der Waals surface area (Å²) in [7, 11) is -0.276. The van der Waals surface area contributed by atoms with Crippen molar-refractivity contribution < 1.29 is 0 Å². The van der Waals surface area contributed by atoms with Gasteiger partial charge in [-0.3, -0.25) is 4.90 Å². The van der Waals surface area contributed by atoms with Gasteiger partial charge in [-0.2, -0.15) is 0 Å². The lowest BCUT2D eigenvalue weighted by Crippen LogP contribution is -2.44. The highest BCUT2D eigenvalue weighted by molar-refractivity contribution is 7.72. The lowest BCUT2D eigenvalue weighted by Gasteiger charge is -2.31. The van der Waals surface area contributed by atoms with Crippen LogP contribution in [0.2, 0.25) is 0 Å². The van der Waals surface area contributed by atoms with Crippen molar-refractivity contribution in [3.05, 3.63) is 60.7 Å². The summed E-state index contributed by atoms with van der Waals surface area (Å²) in [4.78, 5) is 2.60. The Balaban J connectivity index is 1.83. The Morgan fingerprint density at radius 3 is 1.80 bits per heavy atom. The molecule has 1 fully saturated rings. The quantitative estimate of drug-likeness (QED) is 0.864. The van der Waals surface area contributed by atoms with Crippen LogP contribution in [0.3, 0.4) is 0 Å². The van der Waals surface area contributed by atoms with E-state index in [0.717, 1.165) is 13.1 Å². The van der Waals surface area contributed by atoms with Gasteiger partial charge in [-0.1, -0.05) is 60.7 Å². The van der Waals surface area contributed by atoms with Gasteiger partial charge >= 0.3 is 0 Å². The summed E-state index contributed by atoms with van der Waals surface area (Å²) in [6, 6.07) is 22.0. The Bertz CT molecular complexity index is 470. The molecule has 104 valence electrons. The maximum atomic E-state index is 3.43. The molecule has 3 heteroatoms. The van der Waals surface area contributed by atoms with Crippen molar-refractivity contribution in [1.29, 1.82) is 0 Å². The number of hydrogen-bond donors (Lipinski definition) is 1. The van der Waals surface area contributed by atoms with Crippen LogP contribution in [-0.4, -0.2) is 37.4 Å². The van der Waals surface area contributed by atoms with Crippen LogP contribution in [0.1, 0.15) is 0 Å². The third kappa shape index (κ3) is 3.46. The zero-order chi connectivity index (χ0) is 13.6. The number of hydrogen-bond acceptors (Lipinski definition) is 2. The minimum absolute atomic E-state index is 0.276. The molecule has 0 amide bonds. The van der Waals surface area contributed by atoms with E-state index in [1.807, 2.05) is 0 Å². The first kappa shape index (κ1) is 13.8. The van der Waals surface area contributed by atoms with E-state index >= 15 is 0 Å². The third-order valence-electron chi connectivity index (χ3n) is 3.69.